The molecule has 0 saturated heterocycles. The summed E-state index contributed by atoms with van der Waals surface area (Å²) in [6.07, 6.45) is 0. The average Bonchev–Trinajstić information content (AvgIpc) is 2.59. The number of fused-ring (bicyclic) bond motifs is 1. The third-order valence-electron chi connectivity index (χ3n) is 4.16. The molecule has 0 amide bonds. The van der Waals surface area contributed by atoms with Crippen LogP contribution in [0.3, 0.4) is 0 Å². The third kappa shape index (κ3) is 3.83. The first-order chi connectivity index (χ1) is 12.0. The van der Waals surface area contributed by atoms with E-state index in [9.17, 15) is 5.11 Å². The summed E-state index contributed by atoms with van der Waals surface area (Å²) in [5.74, 6) is 1.60. The fraction of sp³-hybridized carbons (Fsp3) is 0.263. The minimum absolute atomic E-state index is 0.00206. The zero-order valence-corrected chi connectivity index (χ0v) is 15.0. The zero-order valence-electron chi connectivity index (χ0n) is 14.2. The van der Waals surface area contributed by atoms with Crippen molar-refractivity contribution in [3.63, 3.8) is 0 Å². The number of hydrogen-bond acceptors (Lipinski definition) is 5. The monoisotopic (exact) mass is 356 g/mol. The molecule has 3 rings (SSSR count). The Bertz CT molecular complexity index is 898. The summed E-state index contributed by atoms with van der Waals surface area (Å²) in [6.45, 7) is 4.74. The number of para-hydroxylation sites is 1. The molecular weight excluding hydrogens is 336 g/mol. The Kier molecular flexibility index (Phi) is 5.06. The van der Waals surface area contributed by atoms with Crippen LogP contribution in [0.5, 0.6) is 5.75 Å². The lowest BCUT2D eigenvalue weighted by molar-refractivity contribution is 0.477. The van der Waals surface area contributed by atoms with Crippen LogP contribution in [0.4, 0.5) is 5.82 Å². The van der Waals surface area contributed by atoms with Crippen molar-refractivity contribution >= 4 is 28.3 Å². The van der Waals surface area contributed by atoms with Gasteiger partial charge in [0.1, 0.15) is 11.6 Å². The number of phenols is 1. The highest BCUT2D eigenvalue weighted by molar-refractivity contribution is 6.31. The fourth-order valence-corrected chi connectivity index (χ4v) is 2.64. The van der Waals surface area contributed by atoms with Crippen LogP contribution >= 0.6 is 11.6 Å². The predicted molar refractivity (Wildman–Crippen MR) is 103 cm³/mol. The molecule has 1 atom stereocenters. The number of hydrogen-bond donors (Lipinski definition) is 3. The molecule has 1 heterocycles. The van der Waals surface area contributed by atoms with Crippen molar-refractivity contribution in [3.05, 3.63) is 47.5 Å². The molecule has 0 fully saturated rings. The first-order valence-corrected chi connectivity index (χ1v) is 8.58. The lowest BCUT2D eigenvalue weighted by Crippen LogP contribution is -2.34. The van der Waals surface area contributed by atoms with Gasteiger partial charge in [-0.2, -0.15) is 0 Å². The molecular formula is C19H21ClN4O. The zero-order chi connectivity index (χ0) is 18.0. The SMILES string of the molecule is CC(C)[C@H](N)CNc1nc(-c2ccccc2O)nc2ccc(Cl)cc12. The van der Waals surface area contributed by atoms with Crippen molar-refractivity contribution in [2.45, 2.75) is 19.9 Å². The van der Waals surface area contributed by atoms with Gasteiger partial charge in [0.2, 0.25) is 0 Å². The van der Waals surface area contributed by atoms with E-state index in [1.54, 1.807) is 24.3 Å². The van der Waals surface area contributed by atoms with Crippen LogP contribution in [0, 0.1) is 5.92 Å². The number of nitrogens with zero attached hydrogens (tertiary/aromatic N) is 2. The standard InChI is InChI=1S/C19H21ClN4O/c1-11(2)15(21)10-22-18-14-9-12(20)7-8-16(14)23-19(24-18)13-5-3-4-6-17(13)25/h3-9,11,15,25H,10,21H2,1-2H3,(H,22,23,24)/t15-/m1/s1. The number of benzene rings is 2. The average molecular weight is 357 g/mol. The number of nitrogens with two attached hydrogens (primary N) is 1. The van der Waals surface area contributed by atoms with Crippen molar-refractivity contribution < 1.29 is 5.11 Å². The Hall–Kier alpha value is -2.37. The molecule has 0 unspecified atom stereocenters. The number of nitrogens with one attached hydrogen (secondary N) is 1. The first kappa shape index (κ1) is 17.5. The van der Waals surface area contributed by atoms with Crippen LogP contribution in [0.1, 0.15) is 13.8 Å². The molecule has 1 aromatic heterocycles. The Morgan fingerprint density at radius 2 is 1.92 bits per heavy atom. The topological polar surface area (TPSA) is 84.1 Å². The second kappa shape index (κ2) is 7.25. The minimum Gasteiger partial charge on any atom is -0.507 e. The Labute approximate surface area is 151 Å². The highest BCUT2D eigenvalue weighted by Crippen LogP contribution is 2.31. The summed E-state index contributed by atoms with van der Waals surface area (Å²) in [4.78, 5) is 9.18. The smallest absolute Gasteiger partial charge is 0.165 e. The number of aromatic hydroxyl groups is 1. The van der Waals surface area contributed by atoms with E-state index in [2.05, 4.69) is 29.1 Å². The van der Waals surface area contributed by atoms with Crippen LogP contribution < -0.4 is 11.1 Å². The van der Waals surface area contributed by atoms with Crippen LogP contribution in [0.25, 0.3) is 22.3 Å². The molecule has 0 aliphatic carbocycles. The quantitative estimate of drug-likeness (QED) is 0.642. The normalized spacial score (nSPS) is 12.5. The summed E-state index contributed by atoms with van der Waals surface area (Å²) in [5, 5.41) is 14.9. The highest BCUT2D eigenvalue weighted by Gasteiger charge is 2.14. The van der Waals surface area contributed by atoms with E-state index in [0.717, 1.165) is 10.9 Å². The van der Waals surface area contributed by atoms with Crippen molar-refractivity contribution in [1.82, 2.24) is 9.97 Å². The molecule has 0 aliphatic rings. The second-order valence-corrected chi connectivity index (χ2v) is 6.80. The summed E-state index contributed by atoms with van der Waals surface area (Å²) in [6, 6.07) is 12.5. The minimum atomic E-state index is -0.00206. The maximum atomic E-state index is 10.1. The van der Waals surface area contributed by atoms with Crippen molar-refractivity contribution in [2.24, 2.45) is 11.7 Å². The van der Waals surface area contributed by atoms with Crippen LogP contribution in [-0.4, -0.2) is 27.7 Å². The molecule has 25 heavy (non-hydrogen) atoms. The van der Waals surface area contributed by atoms with Gasteiger partial charge in [0, 0.05) is 23.0 Å². The van der Waals surface area contributed by atoms with Crippen LogP contribution in [0.15, 0.2) is 42.5 Å². The van der Waals surface area contributed by atoms with Crippen molar-refractivity contribution in [3.8, 4) is 17.1 Å². The lowest BCUT2D eigenvalue weighted by atomic mass is 10.1. The van der Waals surface area contributed by atoms with E-state index in [1.165, 1.54) is 0 Å². The van der Waals surface area contributed by atoms with Crippen molar-refractivity contribution in [2.75, 3.05) is 11.9 Å². The number of halogens is 1. The summed E-state index contributed by atoms with van der Waals surface area (Å²) >= 11 is 6.14. The lowest BCUT2D eigenvalue weighted by Gasteiger charge is -2.18. The molecule has 6 heteroatoms. The van der Waals surface area contributed by atoms with E-state index in [1.807, 2.05) is 18.2 Å². The van der Waals surface area contributed by atoms with Gasteiger partial charge in [-0.3, -0.25) is 0 Å². The van der Waals surface area contributed by atoms with Crippen LogP contribution in [-0.2, 0) is 0 Å². The molecule has 2 aromatic carbocycles. The molecule has 0 radical (unpaired) electrons. The van der Waals surface area contributed by atoms with Gasteiger partial charge < -0.3 is 16.2 Å². The van der Waals surface area contributed by atoms with E-state index in [-0.39, 0.29) is 11.8 Å². The molecule has 5 nitrogen and oxygen atoms in total. The van der Waals surface area contributed by atoms with Gasteiger partial charge in [-0.1, -0.05) is 37.6 Å². The maximum absolute atomic E-state index is 10.1. The predicted octanol–water partition coefficient (Wildman–Crippen LogP) is 4.05. The third-order valence-corrected chi connectivity index (χ3v) is 4.40. The first-order valence-electron chi connectivity index (χ1n) is 8.21. The Morgan fingerprint density at radius 3 is 2.64 bits per heavy atom. The molecule has 130 valence electrons. The van der Waals surface area contributed by atoms with Gasteiger partial charge in [-0.15, -0.1) is 0 Å². The van der Waals surface area contributed by atoms with Gasteiger partial charge in [-0.05, 0) is 36.2 Å². The fourth-order valence-electron chi connectivity index (χ4n) is 2.47. The van der Waals surface area contributed by atoms with Gasteiger partial charge in [-0.25, -0.2) is 9.97 Å². The highest BCUT2D eigenvalue weighted by atomic mass is 35.5. The van der Waals surface area contributed by atoms with Gasteiger partial charge in [0.15, 0.2) is 5.82 Å². The molecule has 0 spiro atoms. The second-order valence-electron chi connectivity index (χ2n) is 6.36. The Balaban J connectivity index is 2.09. The summed E-state index contributed by atoms with van der Waals surface area (Å²) in [5.41, 5.74) is 7.47. The van der Waals surface area contributed by atoms with Gasteiger partial charge >= 0.3 is 0 Å². The van der Waals surface area contributed by atoms with E-state index in [4.69, 9.17) is 17.3 Å². The summed E-state index contributed by atoms with van der Waals surface area (Å²) < 4.78 is 0. The van der Waals surface area contributed by atoms with Crippen LogP contribution in [0.2, 0.25) is 5.02 Å². The molecule has 0 bridgehead atoms. The molecule has 0 aliphatic heterocycles. The molecule has 4 N–H and O–H groups in total. The number of rotatable bonds is 5. The van der Waals surface area contributed by atoms with E-state index < -0.39 is 0 Å². The van der Waals surface area contributed by atoms with E-state index >= 15 is 0 Å². The number of aromatic nitrogens is 2. The molecule has 3 aromatic rings. The molecule has 0 saturated carbocycles. The Morgan fingerprint density at radius 1 is 1.16 bits per heavy atom. The van der Waals surface area contributed by atoms with E-state index in [0.29, 0.717) is 34.7 Å². The number of anilines is 1. The maximum Gasteiger partial charge on any atom is 0.165 e. The van der Waals surface area contributed by atoms with Crippen molar-refractivity contribution in [1.29, 1.82) is 0 Å². The van der Waals surface area contributed by atoms with Gasteiger partial charge in [0.25, 0.3) is 0 Å². The largest absolute Gasteiger partial charge is 0.507 e. The number of phenolic OH excluding ortho intramolecular Hbond substituents is 1. The summed E-state index contributed by atoms with van der Waals surface area (Å²) in [7, 11) is 0. The van der Waals surface area contributed by atoms with Gasteiger partial charge in [0.05, 0.1) is 11.1 Å².